The molecule has 0 aliphatic carbocycles. The second-order valence-electron chi connectivity index (χ2n) is 14.1. The number of nitrogens with zero attached hydrogens (tertiary/aromatic N) is 3. The van der Waals surface area contributed by atoms with Crippen LogP contribution in [0.3, 0.4) is 0 Å². The Bertz CT molecular complexity index is 1780. The minimum absolute atomic E-state index is 0.0178. The van der Waals surface area contributed by atoms with Crippen molar-refractivity contribution in [2.24, 2.45) is 0 Å². The Morgan fingerprint density at radius 3 is 2.48 bits per heavy atom. The van der Waals surface area contributed by atoms with E-state index < -0.39 is 12.7 Å². The molecule has 270 valence electrons. The smallest absolute Gasteiger partial charge is 0.401 e. The first-order valence-electron chi connectivity index (χ1n) is 17.5. The number of hydrogen-bond donors (Lipinski definition) is 2. The Morgan fingerprint density at radius 2 is 1.82 bits per heavy atom. The van der Waals surface area contributed by atoms with Gasteiger partial charge in [0.1, 0.15) is 5.75 Å². The van der Waals surface area contributed by atoms with Gasteiger partial charge >= 0.3 is 6.18 Å². The van der Waals surface area contributed by atoms with Crippen LogP contribution >= 0.6 is 0 Å². The molecule has 0 radical (unpaired) electrons. The molecule has 0 bridgehead atoms. The van der Waals surface area contributed by atoms with Crippen LogP contribution in [0.2, 0.25) is 0 Å². The maximum atomic E-state index is 14.0. The second kappa shape index (κ2) is 14.3. The molecule has 9 nitrogen and oxygen atoms in total. The number of piperidine rings is 1. The van der Waals surface area contributed by atoms with Gasteiger partial charge in [-0.1, -0.05) is 12.1 Å². The molecule has 1 aromatic heterocycles. The molecule has 1 amide bonds. The molecule has 2 aromatic carbocycles. The Kier molecular flexibility index (Phi) is 10.2. The summed E-state index contributed by atoms with van der Waals surface area (Å²) in [6.45, 7) is 8.55. The summed E-state index contributed by atoms with van der Waals surface area (Å²) in [5.74, 6) is 0.0689. The summed E-state index contributed by atoms with van der Waals surface area (Å²) in [4.78, 5) is 35.6. The van der Waals surface area contributed by atoms with Crippen molar-refractivity contribution in [3.05, 3.63) is 74.7 Å². The number of anilines is 2. The molecule has 2 N–H and O–H groups in total. The van der Waals surface area contributed by atoms with E-state index in [1.54, 1.807) is 13.0 Å². The number of aromatic nitrogens is 1. The minimum atomic E-state index is -4.23. The fourth-order valence-corrected chi connectivity index (χ4v) is 8.26. The monoisotopic (exact) mass is 695 g/mol. The molecular weight excluding hydrogens is 647 g/mol. The van der Waals surface area contributed by atoms with Crippen molar-refractivity contribution in [2.75, 3.05) is 69.9 Å². The normalized spacial score (nSPS) is 18.0. The molecule has 3 aliphatic rings. The number of ether oxygens (including phenoxy) is 2. The molecule has 3 aromatic rings. The maximum Gasteiger partial charge on any atom is 0.401 e. The number of hydrogen-bond acceptors (Lipinski definition) is 7. The Morgan fingerprint density at radius 1 is 1.10 bits per heavy atom. The molecule has 1 spiro atoms. The first kappa shape index (κ1) is 35.8. The lowest BCUT2D eigenvalue weighted by atomic mass is 9.75. The number of pyridine rings is 1. The van der Waals surface area contributed by atoms with Crippen LogP contribution in [0.5, 0.6) is 5.75 Å². The van der Waals surface area contributed by atoms with Crippen molar-refractivity contribution < 1.29 is 27.4 Å². The van der Waals surface area contributed by atoms with E-state index in [0.717, 1.165) is 55.0 Å². The number of carbonyl (C=O) groups is 1. The van der Waals surface area contributed by atoms with Gasteiger partial charge in [-0.05, 0) is 93.0 Å². The highest BCUT2D eigenvalue weighted by Crippen LogP contribution is 2.47. The molecule has 0 saturated carbocycles. The minimum Gasteiger partial charge on any atom is -0.496 e. The number of halogens is 3. The third-order valence-electron chi connectivity index (χ3n) is 10.9. The van der Waals surface area contributed by atoms with E-state index >= 15 is 0 Å². The van der Waals surface area contributed by atoms with Crippen molar-refractivity contribution >= 4 is 17.3 Å². The van der Waals surface area contributed by atoms with E-state index in [1.807, 2.05) is 19.9 Å². The van der Waals surface area contributed by atoms with Gasteiger partial charge in [0.05, 0.1) is 25.8 Å². The summed E-state index contributed by atoms with van der Waals surface area (Å²) in [7, 11) is 3.61. The van der Waals surface area contributed by atoms with Gasteiger partial charge in [0, 0.05) is 80.5 Å². The summed E-state index contributed by atoms with van der Waals surface area (Å²) in [6.07, 6.45) is -1.11. The number of benzene rings is 2. The lowest BCUT2D eigenvalue weighted by Crippen LogP contribution is -2.47. The first-order valence-corrected chi connectivity index (χ1v) is 17.5. The van der Waals surface area contributed by atoms with Crippen molar-refractivity contribution in [2.45, 2.75) is 70.6 Å². The van der Waals surface area contributed by atoms with Gasteiger partial charge < -0.3 is 29.6 Å². The Hall–Kier alpha value is -4.03. The highest BCUT2D eigenvalue weighted by Gasteiger charge is 2.42. The zero-order valence-corrected chi connectivity index (χ0v) is 29.6. The number of alkyl halides is 3. The van der Waals surface area contributed by atoms with Crippen LogP contribution in [0.4, 0.5) is 24.5 Å². The van der Waals surface area contributed by atoms with Gasteiger partial charge in [-0.2, -0.15) is 13.2 Å². The number of likely N-dealkylation sites (tertiary alicyclic amines) is 1. The van der Waals surface area contributed by atoms with Crippen LogP contribution in [-0.2, 0) is 16.7 Å². The highest BCUT2D eigenvalue weighted by atomic mass is 19.4. The number of fused-ring (bicyclic) bond motifs is 2. The lowest BCUT2D eigenvalue weighted by molar-refractivity contribution is -0.147. The number of aryl methyl sites for hydroxylation is 1. The summed E-state index contributed by atoms with van der Waals surface area (Å²) in [6, 6.07) is 12.3. The zero-order valence-electron chi connectivity index (χ0n) is 29.6. The van der Waals surface area contributed by atoms with Crippen LogP contribution in [0.1, 0.15) is 65.3 Å². The molecule has 2 saturated heterocycles. The number of likely N-dealkylation sites (N-methyl/N-ethyl adjacent to an activating group) is 1. The summed E-state index contributed by atoms with van der Waals surface area (Å²) >= 11 is 0. The SMILES string of the molecule is CCN(c1cc(-c2ccc3c(c2)N(C)CC32CCOCC2)cc(C(=O)NCc2c(OC)cc(C)[nH]c2=O)c1C)C1CCN(CC(F)(F)F)CC1. The van der Waals surface area contributed by atoms with Crippen molar-refractivity contribution in [1.82, 2.24) is 15.2 Å². The molecular formula is C38H48F3N5O4. The van der Waals surface area contributed by atoms with Gasteiger partial charge in [0.15, 0.2) is 0 Å². The van der Waals surface area contributed by atoms with Crippen LogP contribution in [0, 0.1) is 13.8 Å². The van der Waals surface area contributed by atoms with Gasteiger partial charge in [0.2, 0.25) is 0 Å². The first-order chi connectivity index (χ1) is 23.8. The fraction of sp³-hybridized carbons (Fsp3) is 0.526. The summed E-state index contributed by atoms with van der Waals surface area (Å²) in [5, 5.41) is 2.96. The molecule has 2 fully saturated rings. The van der Waals surface area contributed by atoms with Crippen LogP contribution in [0.25, 0.3) is 11.1 Å². The standard InChI is InChI=1S/C38H48F3N5O4/c1-6-46(28-9-13-45(14-10-28)23-38(39,40)41)32-20-27(26-7-8-31-33(19-26)44(4)22-37(31)11-15-50-16-12-37)18-29(25(32)3)35(47)42-21-30-34(49-5)17-24(2)43-36(30)48/h7-8,17-20,28H,6,9-16,21-23H2,1-5H3,(H,42,47)(H,43,48). The number of amides is 1. The van der Waals surface area contributed by atoms with Gasteiger partial charge in [-0.25, -0.2) is 0 Å². The Labute approximate surface area is 291 Å². The number of H-pyrrole nitrogens is 1. The third-order valence-corrected chi connectivity index (χ3v) is 10.9. The van der Waals surface area contributed by atoms with Gasteiger partial charge in [-0.15, -0.1) is 0 Å². The number of carbonyl (C=O) groups excluding carboxylic acids is 1. The highest BCUT2D eigenvalue weighted by molar-refractivity contribution is 5.99. The number of rotatable bonds is 9. The summed E-state index contributed by atoms with van der Waals surface area (Å²) in [5.41, 5.74) is 7.20. The zero-order chi connectivity index (χ0) is 35.8. The lowest BCUT2D eigenvalue weighted by Gasteiger charge is -2.40. The molecule has 3 aliphatic heterocycles. The number of methoxy groups -OCH3 is 1. The third kappa shape index (κ3) is 7.23. The largest absolute Gasteiger partial charge is 0.496 e. The van der Waals surface area contributed by atoms with Gasteiger partial charge in [-0.3, -0.25) is 14.5 Å². The van der Waals surface area contributed by atoms with E-state index in [9.17, 15) is 22.8 Å². The van der Waals surface area contributed by atoms with E-state index in [1.165, 1.54) is 23.3 Å². The molecule has 0 unspecified atom stereocenters. The van der Waals surface area contributed by atoms with E-state index in [4.69, 9.17) is 9.47 Å². The maximum absolute atomic E-state index is 14.0. The molecule has 4 heterocycles. The molecule has 0 atom stereocenters. The van der Waals surface area contributed by atoms with E-state index in [2.05, 4.69) is 51.4 Å². The molecule has 6 rings (SSSR count). The van der Waals surface area contributed by atoms with Crippen molar-refractivity contribution in [3.8, 4) is 16.9 Å². The van der Waals surface area contributed by atoms with Gasteiger partial charge in [0.25, 0.3) is 11.5 Å². The van der Waals surface area contributed by atoms with Crippen LogP contribution in [-0.4, -0.2) is 88.1 Å². The molecule has 50 heavy (non-hydrogen) atoms. The predicted octanol–water partition coefficient (Wildman–Crippen LogP) is 5.95. The average molecular weight is 696 g/mol. The van der Waals surface area contributed by atoms with Crippen LogP contribution in [0.15, 0.2) is 41.2 Å². The predicted molar refractivity (Wildman–Crippen MR) is 190 cm³/mol. The topological polar surface area (TPSA) is 90.1 Å². The quantitative estimate of drug-likeness (QED) is 0.286. The number of nitrogens with one attached hydrogen (secondary N) is 2. The van der Waals surface area contributed by atoms with E-state index in [-0.39, 0.29) is 29.5 Å². The van der Waals surface area contributed by atoms with Crippen LogP contribution < -0.4 is 25.4 Å². The fourth-order valence-electron chi connectivity index (χ4n) is 8.26. The molecule has 12 heteroatoms. The Balaban J connectivity index is 1.36. The van der Waals surface area contributed by atoms with Crippen molar-refractivity contribution in [1.29, 1.82) is 0 Å². The number of aromatic amines is 1. The summed E-state index contributed by atoms with van der Waals surface area (Å²) < 4.78 is 50.6. The van der Waals surface area contributed by atoms with E-state index in [0.29, 0.717) is 55.0 Å². The van der Waals surface area contributed by atoms with Crippen molar-refractivity contribution in [3.63, 3.8) is 0 Å². The average Bonchev–Trinajstić information content (AvgIpc) is 3.34. The second-order valence-corrected chi connectivity index (χ2v) is 14.1.